The van der Waals surface area contributed by atoms with Crippen LogP contribution in [0.3, 0.4) is 0 Å². The summed E-state index contributed by atoms with van der Waals surface area (Å²) in [6.45, 7) is 0. The first-order chi connectivity index (χ1) is 7.66. The van der Waals surface area contributed by atoms with Crippen LogP contribution in [0.15, 0.2) is 30.3 Å². The van der Waals surface area contributed by atoms with Crippen molar-refractivity contribution in [1.29, 1.82) is 0 Å². The Labute approximate surface area is 97.7 Å². The number of carboxylic acid groups (broad SMARTS) is 1. The van der Waals surface area contributed by atoms with Gasteiger partial charge in [-0.25, -0.2) is 4.98 Å². The second kappa shape index (κ2) is 4.49. The molecular weight excluding hydrogens is 226 g/mol. The zero-order valence-corrected chi connectivity index (χ0v) is 9.24. The molecule has 0 saturated carbocycles. The molecule has 0 bridgehead atoms. The fourth-order valence-electron chi connectivity index (χ4n) is 1.55. The molecule has 0 aliphatic carbocycles. The largest absolute Gasteiger partial charge is 0.481 e. The normalized spacial score (nSPS) is 10.6. The minimum absolute atomic E-state index is 0.0692. The zero-order valence-electron chi connectivity index (χ0n) is 8.48. The molecule has 3 nitrogen and oxygen atoms in total. The van der Waals surface area contributed by atoms with Crippen LogP contribution in [-0.4, -0.2) is 16.1 Å². The van der Waals surface area contributed by atoms with E-state index in [1.165, 1.54) is 0 Å². The molecule has 0 unspecified atom stereocenters. The summed E-state index contributed by atoms with van der Waals surface area (Å²) in [5, 5.41) is 9.98. The number of rotatable bonds is 3. The van der Waals surface area contributed by atoms with Gasteiger partial charge in [-0.2, -0.15) is 0 Å². The van der Waals surface area contributed by atoms with Gasteiger partial charge < -0.3 is 5.11 Å². The number of aromatic nitrogens is 1. The second-order valence-corrected chi connectivity index (χ2v) is 3.88. The van der Waals surface area contributed by atoms with Crippen molar-refractivity contribution in [2.45, 2.75) is 12.8 Å². The maximum Gasteiger partial charge on any atom is 0.303 e. The lowest BCUT2D eigenvalue weighted by Gasteiger charge is -2.04. The molecule has 4 heteroatoms. The molecule has 16 heavy (non-hydrogen) atoms. The van der Waals surface area contributed by atoms with Gasteiger partial charge in [0.2, 0.25) is 0 Å². The van der Waals surface area contributed by atoms with Crippen molar-refractivity contribution in [3.05, 3.63) is 41.0 Å². The van der Waals surface area contributed by atoms with Crippen LogP contribution < -0.4 is 0 Å². The van der Waals surface area contributed by atoms with Crippen molar-refractivity contribution in [3.63, 3.8) is 0 Å². The Balaban J connectivity index is 2.38. The van der Waals surface area contributed by atoms with E-state index in [0.29, 0.717) is 11.6 Å². The van der Waals surface area contributed by atoms with Gasteiger partial charge in [-0.05, 0) is 24.1 Å². The Bertz CT molecular complexity index is 540. The number of para-hydroxylation sites is 1. The third kappa shape index (κ3) is 2.31. The molecule has 0 atom stereocenters. The van der Waals surface area contributed by atoms with Gasteiger partial charge in [0.05, 0.1) is 5.52 Å². The first kappa shape index (κ1) is 10.9. The van der Waals surface area contributed by atoms with Gasteiger partial charge in [-0.15, -0.1) is 0 Å². The molecule has 2 rings (SSSR count). The molecule has 0 aliphatic rings. The number of benzene rings is 1. The molecule has 82 valence electrons. The lowest BCUT2D eigenvalue weighted by molar-refractivity contribution is -0.136. The van der Waals surface area contributed by atoms with E-state index < -0.39 is 5.97 Å². The van der Waals surface area contributed by atoms with E-state index in [-0.39, 0.29) is 6.42 Å². The minimum Gasteiger partial charge on any atom is -0.481 e. The molecule has 0 spiro atoms. The average Bonchev–Trinajstić information content (AvgIpc) is 2.26. The molecule has 0 aliphatic heterocycles. The van der Waals surface area contributed by atoms with Crippen molar-refractivity contribution in [1.82, 2.24) is 4.98 Å². The van der Waals surface area contributed by atoms with E-state index in [1.807, 2.05) is 30.3 Å². The summed E-state index contributed by atoms with van der Waals surface area (Å²) in [7, 11) is 0. The summed E-state index contributed by atoms with van der Waals surface area (Å²) in [6.07, 6.45) is 0.478. The number of aryl methyl sites for hydroxylation is 1. The highest BCUT2D eigenvalue weighted by Gasteiger charge is 2.06. The van der Waals surface area contributed by atoms with E-state index in [2.05, 4.69) is 4.98 Å². The molecule has 1 aromatic heterocycles. The van der Waals surface area contributed by atoms with Crippen LogP contribution in [-0.2, 0) is 11.2 Å². The number of halogens is 1. The molecule has 0 fully saturated rings. The number of hydrogen-bond donors (Lipinski definition) is 1. The number of hydrogen-bond acceptors (Lipinski definition) is 2. The van der Waals surface area contributed by atoms with E-state index in [1.54, 1.807) is 0 Å². The number of pyridine rings is 1. The molecule has 0 saturated heterocycles. The minimum atomic E-state index is -0.829. The first-order valence-corrected chi connectivity index (χ1v) is 5.30. The number of carbonyl (C=O) groups is 1. The van der Waals surface area contributed by atoms with Crippen LogP contribution in [0.1, 0.15) is 12.0 Å². The topological polar surface area (TPSA) is 50.2 Å². The van der Waals surface area contributed by atoms with Crippen molar-refractivity contribution >= 4 is 28.5 Å². The van der Waals surface area contributed by atoms with E-state index in [0.717, 1.165) is 16.5 Å². The van der Waals surface area contributed by atoms with Gasteiger partial charge in [0.1, 0.15) is 5.15 Å². The SMILES string of the molecule is O=C(O)CCc1cc2ccccc2nc1Cl. The molecule has 1 aromatic carbocycles. The molecule has 0 radical (unpaired) electrons. The summed E-state index contributed by atoms with van der Waals surface area (Å²) in [6, 6.07) is 9.51. The highest BCUT2D eigenvalue weighted by molar-refractivity contribution is 6.30. The number of fused-ring (bicyclic) bond motifs is 1. The van der Waals surface area contributed by atoms with E-state index in [9.17, 15) is 4.79 Å². The standard InChI is InChI=1S/C12H10ClNO2/c13-12-9(5-6-11(15)16)7-8-3-1-2-4-10(8)14-12/h1-4,7H,5-6H2,(H,15,16). The number of aliphatic carboxylic acids is 1. The van der Waals surface area contributed by atoms with Crippen LogP contribution in [0.5, 0.6) is 0 Å². The quantitative estimate of drug-likeness (QED) is 0.833. The van der Waals surface area contributed by atoms with Crippen LogP contribution in [0.2, 0.25) is 5.15 Å². The van der Waals surface area contributed by atoms with Crippen molar-refractivity contribution in [2.24, 2.45) is 0 Å². The van der Waals surface area contributed by atoms with Gasteiger partial charge in [-0.3, -0.25) is 4.79 Å². The third-order valence-electron chi connectivity index (χ3n) is 2.36. The smallest absolute Gasteiger partial charge is 0.303 e. The highest BCUT2D eigenvalue weighted by atomic mass is 35.5. The Morgan fingerprint density at radius 3 is 2.88 bits per heavy atom. The van der Waals surface area contributed by atoms with E-state index in [4.69, 9.17) is 16.7 Å². The Morgan fingerprint density at radius 1 is 1.38 bits per heavy atom. The maximum atomic E-state index is 10.5. The fraction of sp³-hybridized carbons (Fsp3) is 0.167. The van der Waals surface area contributed by atoms with Crippen LogP contribution in [0.25, 0.3) is 10.9 Å². The zero-order chi connectivity index (χ0) is 11.5. The predicted octanol–water partition coefficient (Wildman–Crippen LogP) is 2.91. The van der Waals surface area contributed by atoms with Gasteiger partial charge >= 0.3 is 5.97 Å². The maximum absolute atomic E-state index is 10.5. The lowest BCUT2D eigenvalue weighted by Crippen LogP contribution is -1.99. The third-order valence-corrected chi connectivity index (χ3v) is 2.69. The Kier molecular flexibility index (Phi) is 3.06. The Morgan fingerprint density at radius 2 is 2.12 bits per heavy atom. The van der Waals surface area contributed by atoms with Gasteiger partial charge in [0.25, 0.3) is 0 Å². The lowest BCUT2D eigenvalue weighted by atomic mass is 10.1. The monoisotopic (exact) mass is 235 g/mol. The summed E-state index contributed by atoms with van der Waals surface area (Å²) in [5.74, 6) is -0.829. The Hall–Kier alpha value is -1.61. The van der Waals surface area contributed by atoms with Gasteiger partial charge in [0, 0.05) is 11.8 Å². The molecular formula is C12H10ClNO2. The van der Waals surface area contributed by atoms with Gasteiger partial charge in [-0.1, -0.05) is 29.8 Å². The van der Waals surface area contributed by atoms with Crippen molar-refractivity contribution in [3.8, 4) is 0 Å². The van der Waals surface area contributed by atoms with Crippen molar-refractivity contribution < 1.29 is 9.90 Å². The summed E-state index contributed by atoms with van der Waals surface area (Å²) >= 11 is 5.98. The molecule has 0 amide bonds. The first-order valence-electron chi connectivity index (χ1n) is 4.93. The predicted molar refractivity (Wildman–Crippen MR) is 62.7 cm³/mol. The van der Waals surface area contributed by atoms with Gasteiger partial charge in [0.15, 0.2) is 0 Å². The molecule has 2 aromatic rings. The fourth-order valence-corrected chi connectivity index (χ4v) is 1.79. The second-order valence-electron chi connectivity index (χ2n) is 3.52. The molecule has 1 heterocycles. The highest BCUT2D eigenvalue weighted by Crippen LogP contribution is 2.21. The summed E-state index contributed by atoms with van der Waals surface area (Å²) < 4.78 is 0. The van der Waals surface area contributed by atoms with E-state index >= 15 is 0 Å². The number of carboxylic acids is 1. The van der Waals surface area contributed by atoms with Crippen LogP contribution in [0, 0.1) is 0 Å². The summed E-state index contributed by atoms with van der Waals surface area (Å²) in [5.41, 5.74) is 1.61. The average molecular weight is 236 g/mol. The number of nitrogens with zero attached hydrogens (tertiary/aromatic N) is 1. The summed E-state index contributed by atoms with van der Waals surface area (Å²) in [4.78, 5) is 14.7. The van der Waals surface area contributed by atoms with Crippen molar-refractivity contribution in [2.75, 3.05) is 0 Å². The van der Waals surface area contributed by atoms with Crippen LogP contribution in [0.4, 0.5) is 0 Å². The van der Waals surface area contributed by atoms with Crippen LogP contribution >= 0.6 is 11.6 Å². The molecule has 1 N–H and O–H groups in total.